The minimum atomic E-state index is -0.490. The molecule has 0 unspecified atom stereocenters. The van der Waals surface area contributed by atoms with Gasteiger partial charge < -0.3 is 14.5 Å². The van der Waals surface area contributed by atoms with Crippen molar-refractivity contribution in [2.75, 3.05) is 13.2 Å². The summed E-state index contributed by atoms with van der Waals surface area (Å²) < 4.78 is 11.2. The molecule has 2 aromatic rings. The van der Waals surface area contributed by atoms with Crippen molar-refractivity contribution in [3.63, 3.8) is 0 Å². The SMILES string of the molecule is CCCOc1c(Cl)cc(/C=C/C(=O)NNC(=O)c2ccc[nH]2)cc1OCC. The Bertz CT molecular complexity index is 804. The first kappa shape index (κ1) is 20.4. The molecular weight excluding hydrogens is 370 g/mol. The summed E-state index contributed by atoms with van der Waals surface area (Å²) in [4.78, 5) is 26.4. The molecular formula is C19H22ClN3O4. The number of benzene rings is 1. The van der Waals surface area contributed by atoms with Crippen LogP contribution in [-0.4, -0.2) is 30.0 Å². The Hall–Kier alpha value is -2.93. The van der Waals surface area contributed by atoms with Crippen LogP contribution in [0.3, 0.4) is 0 Å². The molecule has 0 saturated carbocycles. The number of amides is 2. The Balaban J connectivity index is 2.02. The molecule has 2 amide bonds. The number of halogens is 1. The molecule has 0 aliphatic rings. The van der Waals surface area contributed by atoms with E-state index in [1.54, 1.807) is 36.5 Å². The zero-order valence-corrected chi connectivity index (χ0v) is 15.9. The highest BCUT2D eigenvalue weighted by Gasteiger charge is 2.12. The normalized spacial score (nSPS) is 10.6. The highest BCUT2D eigenvalue weighted by molar-refractivity contribution is 6.32. The predicted octanol–water partition coefficient (Wildman–Crippen LogP) is 3.33. The fraction of sp³-hybridized carbons (Fsp3) is 0.263. The monoisotopic (exact) mass is 391 g/mol. The molecule has 1 aromatic heterocycles. The van der Waals surface area contributed by atoms with E-state index in [4.69, 9.17) is 21.1 Å². The van der Waals surface area contributed by atoms with Gasteiger partial charge >= 0.3 is 0 Å². The van der Waals surface area contributed by atoms with Gasteiger partial charge in [-0.05, 0) is 49.2 Å². The van der Waals surface area contributed by atoms with Crippen LogP contribution in [0, 0.1) is 0 Å². The van der Waals surface area contributed by atoms with Gasteiger partial charge in [0.25, 0.3) is 11.8 Å². The van der Waals surface area contributed by atoms with Crippen molar-refractivity contribution in [2.24, 2.45) is 0 Å². The van der Waals surface area contributed by atoms with Crippen LogP contribution in [0.5, 0.6) is 11.5 Å². The average molecular weight is 392 g/mol. The van der Waals surface area contributed by atoms with Crippen molar-refractivity contribution in [1.82, 2.24) is 15.8 Å². The van der Waals surface area contributed by atoms with Crippen LogP contribution in [-0.2, 0) is 4.79 Å². The summed E-state index contributed by atoms with van der Waals surface area (Å²) >= 11 is 6.28. The molecule has 0 saturated heterocycles. The summed E-state index contributed by atoms with van der Waals surface area (Å²) in [5.41, 5.74) is 5.61. The molecule has 2 rings (SSSR count). The van der Waals surface area contributed by atoms with Gasteiger partial charge in [-0.25, -0.2) is 0 Å². The first-order valence-corrected chi connectivity index (χ1v) is 8.93. The molecule has 144 valence electrons. The Labute approximate surface area is 162 Å². The highest BCUT2D eigenvalue weighted by Crippen LogP contribution is 2.37. The van der Waals surface area contributed by atoms with Gasteiger partial charge in [-0.1, -0.05) is 18.5 Å². The molecule has 0 spiro atoms. The van der Waals surface area contributed by atoms with Crippen molar-refractivity contribution in [3.8, 4) is 11.5 Å². The minimum absolute atomic E-state index is 0.343. The lowest BCUT2D eigenvalue weighted by atomic mass is 10.2. The van der Waals surface area contributed by atoms with Crippen LogP contribution < -0.4 is 20.3 Å². The maximum atomic E-state index is 11.9. The summed E-state index contributed by atoms with van der Waals surface area (Å²) in [6.07, 6.45) is 5.30. The third kappa shape index (κ3) is 6.07. The van der Waals surface area contributed by atoms with Gasteiger partial charge in [0.15, 0.2) is 11.5 Å². The second kappa shape index (κ2) is 10.3. The lowest BCUT2D eigenvalue weighted by Gasteiger charge is -2.14. The Morgan fingerprint density at radius 3 is 2.70 bits per heavy atom. The topological polar surface area (TPSA) is 92.5 Å². The summed E-state index contributed by atoms with van der Waals surface area (Å²) in [6.45, 7) is 4.84. The van der Waals surface area contributed by atoms with Gasteiger partial charge in [-0.15, -0.1) is 0 Å². The van der Waals surface area contributed by atoms with Crippen LogP contribution in [0.25, 0.3) is 6.08 Å². The number of carbonyl (C=O) groups is 2. The zero-order valence-electron chi connectivity index (χ0n) is 15.2. The summed E-state index contributed by atoms with van der Waals surface area (Å²) in [5, 5.41) is 0.398. The Kier molecular flexibility index (Phi) is 7.76. The van der Waals surface area contributed by atoms with Crippen LogP contribution >= 0.6 is 11.6 Å². The highest BCUT2D eigenvalue weighted by atomic mass is 35.5. The minimum Gasteiger partial charge on any atom is -0.490 e. The van der Waals surface area contributed by atoms with E-state index in [1.165, 1.54) is 6.08 Å². The number of nitrogens with one attached hydrogen (secondary N) is 3. The number of rotatable bonds is 8. The van der Waals surface area contributed by atoms with Gasteiger partial charge in [0.05, 0.1) is 18.2 Å². The number of hydrogen-bond donors (Lipinski definition) is 3. The fourth-order valence-electron chi connectivity index (χ4n) is 2.16. The zero-order chi connectivity index (χ0) is 19.6. The standard InChI is InChI=1S/C19H22ClN3O4/c1-3-10-27-18-14(20)11-13(12-16(18)26-4-2)7-8-17(24)22-23-19(25)15-6-5-9-21-15/h5-9,11-12,21H,3-4,10H2,1-2H3,(H,22,24)(H,23,25)/b8-7+. The molecule has 3 N–H and O–H groups in total. The van der Waals surface area contributed by atoms with Crippen LogP contribution in [0.4, 0.5) is 0 Å². The lowest BCUT2D eigenvalue weighted by Crippen LogP contribution is -2.40. The summed E-state index contributed by atoms with van der Waals surface area (Å²) in [7, 11) is 0. The molecule has 27 heavy (non-hydrogen) atoms. The first-order valence-electron chi connectivity index (χ1n) is 8.56. The number of hydrazine groups is 1. The molecule has 7 nitrogen and oxygen atoms in total. The van der Waals surface area contributed by atoms with Gasteiger partial charge in [0.1, 0.15) is 5.69 Å². The molecule has 0 atom stereocenters. The van der Waals surface area contributed by atoms with Crippen LogP contribution in [0.15, 0.2) is 36.5 Å². The van der Waals surface area contributed by atoms with Crippen LogP contribution in [0.1, 0.15) is 36.3 Å². The molecule has 0 radical (unpaired) electrons. The third-order valence-corrected chi connectivity index (χ3v) is 3.63. The quantitative estimate of drug-likeness (QED) is 0.475. The average Bonchev–Trinajstić information content (AvgIpc) is 3.19. The number of aromatic nitrogens is 1. The van der Waals surface area contributed by atoms with Gasteiger partial charge in [-0.2, -0.15) is 0 Å². The smallest absolute Gasteiger partial charge is 0.286 e. The van der Waals surface area contributed by atoms with Crippen molar-refractivity contribution in [1.29, 1.82) is 0 Å². The molecule has 1 heterocycles. The lowest BCUT2D eigenvalue weighted by molar-refractivity contribution is -0.117. The fourth-order valence-corrected chi connectivity index (χ4v) is 2.44. The van der Waals surface area contributed by atoms with Crippen LogP contribution in [0.2, 0.25) is 5.02 Å². The number of ether oxygens (including phenoxy) is 2. The van der Waals surface area contributed by atoms with E-state index in [-0.39, 0.29) is 0 Å². The predicted molar refractivity (Wildman–Crippen MR) is 104 cm³/mol. The van der Waals surface area contributed by atoms with E-state index in [9.17, 15) is 9.59 Å². The van der Waals surface area contributed by atoms with Gasteiger partial charge in [0, 0.05) is 12.3 Å². The Morgan fingerprint density at radius 1 is 1.22 bits per heavy atom. The van der Waals surface area contributed by atoms with E-state index in [0.717, 1.165) is 6.42 Å². The van der Waals surface area contributed by atoms with E-state index in [1.807, 2.05) is 13.8 Å². The molecule has 0 aliphatic carbocycles. The second-order valence-corrected chi connectivity index (χ2v) is 5.88. The maximum Gasteiger partial charge on any atom is 0.286 e. The van der Waals surface area contributed by atoms with Crippen molar-refractivity contribution in [2.45, 2.75) is 20.3 Å². The molecule has 0 bridgehead atoms. The van der Waals surface area contributed by atoms with Gasteiger partial charge in [-0.3, -0.25) is 20.4 Å². The number of hydrogen-bond acceptors (Lipinski definition) is 4. The van der Waals surface area contributed by atoms with Gasteiger partial charge in [0.2, 0.25) is 0 Å². The van der Waals surface area contributed by atoms with Crippen molar-refractivity contribution in [3.05, 3.63) is 52.8 Å². The molecule has 0 fully saturated rings. The van der Waals surface area contributed by atoms with E-state index in [2.05, 4.69) is 15.8 Å². The number of aromatic amines is 1. The maximum absolute atomic E-state index is 11.9. The largest absolute Gasteiger partial charge is 0.490 e. The molecule has 0 aliphatic heterocycles. The van der Waals surface area contributed by atoms with Crippen molar-refractivity contribution >= 4 is 29.5 Å². The van der Waals surface area contributed by atoms with E-state index < -0.39 is 11.8 Å². The third-order valence-electron chi connectivity index (χ3n) is 3.35. The molecule has 1 aromatic carbocycles. The van der Waals surface area contributed by atoms with E-state index >= 15 is 0 Å². The number of carbonyl (C=O) groups excluding carboxylic acids is 2. The van der Waals surface area contributed by atoms with Crippen molar-refractivity contribution < 1.29 is 19.1 Å². The Morgan fingerprint density at radius 2 is 2.04 bits per heavy atom. The summed E-state index contributed by atoms with van der Waals surface area (Å²) in [6, 6.07) is 6.69. The number of H-pyrrole nitrogens is 1. The first-order chi connectivity index (χ1) is 13.0. The molecule has 8 heteroatoms. The second-order valence-electron chi connectivity index (χ2n) is 5.47. The van der Waals surface area contributed by atoms with E-state index in [0.29, 0.717) is 41.0 Å². The summed E-state index contributed by atoms with van der Waals surface area (Å²) in [5.74, 6) is 0.0647.